The highest BCUT2D eigenvalue weighted by atomic mass is 16.6. The van der Waals surface area contributed by atoms with Crippen LogP contribution in [0.1, 0.15) is 92.6 Å². The van der Waals surface area contributed by atoms with Gasteiger partial charge in [-0.1, -0.05) is 83.5 Å². The summed E-state index contributed by atoms with van der Waals surface area (Å²) in [4.78, 5) is 24.1. The zero-order valence-electron chi connectivity index (χ0n) is 25.2. The number of hydrogen-bond acceptors (Lipinski definition) is 5. The molecule has 0 aliphatic carbocycles. The van der Waals surface area contributed by atoms with Crippen molar-refractivity contribution in [3.8, 4) is 0 Å². The van der Waals surface area contributed by atoms with Crippen molar-refractivity contribution in [1.82, 2.24) is 9.88 Å². The van der Waals surface area contributed by atoms with E-state index in [0.717, 1.165) is 69.3 Å². The van der Waals surface area contributed by atoms with E-state index < -0.39 is 0 Å². The van der Waals surface area contributed by atoms with E-state index >= 15 is 0 Å². The van der Waals surface area contributed by atoms with Crippen LogP contribution in [0.4, 0.5) is 5.82 Å². The second-order valence-electron chi connectivity index (χ2n) is 9.12. The number of aromatic nitrogens is 1. The fourth-order valence-corrected chi connectivity index (χ4v) is 4.33. The molecule has 0 bridgehead atoms. The number of likely N-dealkylation sites (tertiary alicyclic amines) is 1. The van der Waals surface area contributed by atoms with E-state index in [2.05, 4.69) is 42.4 Å². The van der Waals surface area contributed by atoms with Gasteiger partial charge in [-0.05, 0) is 69.2 Å². The van der Waals surface area contributed by atoms with Crippen molar-refractivity contribution in [3.63, 3.8) is 0 Å². The first kappa shape index (κ1) is 35.1. The van der Waals surface area contributed by atoms with Crippen molar-refractivity contribution in [3.05, 3.63) is 60.3 Å². The molecule has 38 heavy (non-hydrogen) atoms. The number of nitrogen functional groups attached to an aromatic ring is 1. The molecule has 1 aliphatic rings. The van der Waals surface area contributed by atoms with E-state index in [-0.39, 0.29) is 5.92 Å². The van der Waals surface area contributed by atoms with Crippen molar-refractivity contribution in [2.45, 2.75) is 93.4 Å². The second kappa shape index (κ2) is 22.1. The lowest BCUT2D eigenvalue weighted by Gasteiger charge is -2.34. The summed E-state index contributed by atoms with van der Waals surface area (Å²) in [6.07, 6.45) is 16.6. The Kier molecular flexibility index (Phi) is 20.4. The number of pyridine rings is 1. The molecule has 6 heteroatoms. The average molecular weight is 527 g/mol. The number of hydrogen-bond donors (Lipinski definition) is 1. The van der Waals surface area contributed by atoms with Gasteiger partial charge in [-0.2, -0.15) is 0 Å². The van der Waals surface area contributed by atoms with Crippen molar-refractivity contribution in [2.24, 2.45) is 17.0 Å². The third-order valence-electron chi connectivity index (χ3n) is 6.29. The number of carbonyl (C=O) groups excluding carboxylic acids is 1. The normalized spacial score (nSPS) is 14.2. The van der Waals surface area contributed by atoms with E-state index in [0.29, 0.717) is 24.2 Å². The highest BCUT2D eigenvalue weighted by Gasteiger charge is 2.30. The molecule has 1 fully saturated rings. The molecular formula is C32H54N4O2. The van der Waals surface area contributed by atoms with Crippen molar-refractivity contribution >= 4 is 17.4 Å². The summed E-state index contributed by atoms with van der Waals surface area (Å²) in [6.45, 7) is 20.6. The van der Waals surface area contributed by atoms with Crippen LogP contribution in [0.25, 0.3) is 0 Å². The molecule has 0 atom stereocenters. The van der Waals surface area contributed by atoms with E-state index in [1.165, 1.54) is 5.56 Å². The largest absolute Gasteiger partial charge is 0.396 e. The first-order chi connectivity index (χ1) is 18.4. The smallest absolute Gasteiger partial charge is 0.225 e. The molecule has 2 heterocycles. The van der Waals surface area contributed by atoms with Crippen LogP contribution in [0.3, 0.4) is 0 Å². The van der Waals surface area contributed by atoms with Crippen LogP contribution in [0.5, 0.6) is 0 Å². The molecule has 0 aromatic carbocycles. The summed E-state index contributed by atoms with van der Waals surface area (Å²) >= 11 is 0. The van der Waals surface area contributed by atoms with Gasteiger partial charge in [0, 0.05) is 31.1 Å². The van der Waals surface area contributed by atoms with Crippen molar-refractivity contribution < 1.29 is 9.63 Å². The van der Waals surface area contributed by atoms with Gasteiger partial charge < -0.3 is 15.5 Å². The molecule has 1 amide bonds. The van der Waals surface area contributed by atoms with Crippen LogP contribution in [-0.4, -0.2) is 41.2 Å². The zero-order chi connectivity index (χ0) is 28.8. The van der Waals surface area contributed by atoms with E-state index in [1.807, 2.05) is 64.1 Å². The molecule has 2 N–H and O–H groups in total. The van der Waals surface area contributed by atoms with E-state index in [9.17, 15) is 4.79 Å². The summed E-state index contributed by atoms with van der Waals surface area (Å²) in [6, 6.07) is 3.86. The lowest BCUT2D eigenvalue weighted by molar-refractivity contribution is -0.137. The van der Waals surface area contributed by atoms with Gasteiger partial charge in [0.2, 0.25) is 5.91 Å². The lowest BCUT2D eigenvalue weighted by atomic mass is 9.87. The summed E-state index contributed by atoms with van der Waals surface area (Å²) in [5.74, 6) is 1.42. The van der Waals surface area contributed by atoms with Crippen LogP contribution >= 0.6 is 0 Å². The Hall–Kier alpha value is -2.89. The maximum atomic E-state index is 12.9. The van der Waals surface area contributed by atoms with Crippen LogP contribution in [-0.2, 0) is 16.1 Å². The Morgan fingerprint density at radius 1 is 1.18 bits per heavy atom. The van der Waals surface area contributed by atoms with E-state index in [4.69, 9.17) is 10.6 Å². The maximum absolute atomic E-state index is 12.9. The molecule has 2 rings (SSSR count). The summed E-state index contributed by atoms with van der Waals surface area (Å²) in [5, 5.41) is 4.35. The Balaban J connectivity index is 0.00000103. The number of carbonyl (C=O) groups is 1. The number of oxime groups is 1. The first-order valence-corrected chi connectivity index (χ1v) is 14.6. The van der Waals surface area contributed by atoms with Crippen molar-refractivity contribution in [1.29, 1.82) is 0 Å². The number of aryl methyl sites for hydroxylation is 1. The molecule has 214 valence electrons. The number of piperidine rings is 1. The number of nitrogens with zero attached hydrogens (tertiary/aromatic N) is 3. The highest BCUT2D eigenvalue weighted by Crippen LogP contribution is 2.26. The van der Waals surface area contributed by atoms with Gasteiger partial charge in [0.05, 0.1) is 5.71 Å². The lowest BCUT2D eigenvalue weighted by Crippen LogP contribution is -2.43. The van der Waals surface area contributed by atoms with Crippen molar-refractivity contribution in [2.75, 3.05) is 25.4 Å². The quantitative estimate of drug-likeness (QED) is 0.171. The second-order valence-corrected chi connectivity index (χ2v) is 9.12. The molecule has 1 saturated heterocycles. The van der Waals surface area contributed by atoms with Gasteiger partial charge in [-0.15, -0.1) is 0 Å². The molecule has 1 aliphatic heterocycles. The van der Waals surface area contributed by atoms with E-state index in [1.54, 1.807) is 6.20 Å². The fraction of sp³-hybridized carbons (Fsp3) is 0.594. The van der Waals surface area contributed by atoms with Crippen LogP contribution in [0, 0.1) is 11.8 Å². The Morgan fingerprint density at radius 2 is 1.82 bits per heavy atom. The average Bonchev–Trinajstić information content (AvgIpc) is 2.94. The van der Waals surface area contributed by atoms with Crippen LogP contribution in [0.2, 0.25) is 0 Å². The standard InChI is InChI=1S/C23H38N2O2.C7H10N2.C2H6/c1-6-10-11-14-19(5)22(24-27-9-4)20-15-17-25(18-16-20)23(26)21(12-7-2)13-8-3;1-2-6-3-4-9-7(8)5-6;1-2/h6,10-11,14,20-21H,5,7-9,12-13,15-18H2,1-4H3;3-5H,2H2,1H3,(H2,8,9);1-2H3/b10-6-,14-11-,24-22?;;. The molecule has 0 radical (unpaired) electrons. The first-order valence-electron chi connectivity index (χ1n) is 14.6. The fourth-order valence-electron chi connectivity index (χ4n) is 4.33. The molecule has 0 spiro atoms. The van der Waals surface area contributed by atoms with Crippen LogP contribution < -0.4 is 5.73 Å². The molecule has 1 aromatic rings. The molecule has 0 saturated carbocycles. The van der Waals surface area contributed by atoms with Gasteiger partial charge in [-0.25, -0.2) is 4.98 Å². The predicted octanol–water partition coefficient (Wildman–Crippen LogP) is 7.77. The van der Waals surface area contributed by atoms with Gasteiger partial charge in [0.15, 0.2) is 0 Å². The Bertz CT molecular complexity index is 862. The number of allylic oxidation sites excluding steroid dienone is 5. The topological polar surface area (TPSA) is 80.8 Å². The third-order valence-corrected chi connectivity index (χ3v) is 6.29. The van der Waals surface area contributed by atoms with Gasteiger partial charge >= 0.3 is 0 Å². The van der Waals surface area contributed by atoms with Crippen LogP contribution in [0.15, 0.2) is 59.9 Å². The minimum atomic E-state index is 0.187. The minimum Gasteiger partial charge on any atom is -0.396 e. The summed E-state index contributed by atoms with van der Waals surface area (Å²) < 4.78 is 0. The molecular weight excluding hydrogens is 472 g/mol. The Morgan fingerprint density at radius 3 is 2.29 bits per heavy atom. The van der Waals surface area contributed by atoms with Gasteiger partial charge in [0.25, 0.3) is 0 Å². The highest BCUT2D eigenvalue weighted by molar-refractivity contribution is 6.03. The summed E-state index contributed by atoms with van der Waals surface area (Å²) in [5.41, 5.74) is 8.47. The minimum absolute atomic E-state index is 0.187. The van der Waals surface area contributed by atoms with Gasteiger partial charge in [-0.3, -0.25) is 4.79 Å². The molecule has 1 aromatic heterocycles. The third kappa shape index (κ3) is 13.6. The number of anilines is 1. The zero-order valence-corrected chi connectivity index (χ0v) is 25.2. The number of rotatable bonds is 12. The predicted molar refractivity (Wildman–Crippen MR) is 164 cm³/mol. The summed E-state index contributed by atoms with van der Waals surface area (Å²) in [7, 11) is 0. The number of amides is 1. The SMILES string of the molecule is C=C(/C=C\C=C/C)C(=NOCC)C1CCN(C(=O)C(CCC)CCC)CC1.CC.CCc1ccnc(N)c1. The monoisotopic (exact) mass is 526 g/mol. The molecule has 0 unspecified atom stereocenters. The Labute approximate surface area is 233 Å². The molecule has 6 nitrogen and oxygen atoms in total. The number of nitrogens with two attached hydrogens (primary N) is 1. The van der Waals surface area contributed by atoms with Gasteiger partial charge in [0.1, 0.15) is 12.4 Å². The maximum Gasteiger partial charge on any atom is 0.225 e.